The molecule has 1 aromatic carbocycles. The van der Waals surface area contributed by atoms with E-state index < -0.39 is 0 Å². The molecule has 0 atom stereocenters. The SMILES string of the molecule is Cc1cc(Nn2ccccc2=O)ccc1N. The first kappa shape index (κ1) is 10.3. The third kappa shape index (κ3) is 2.06. The molecule has 2 aromatic rings. The molecule has 0 unspecified atom stereocenters. The normalized spacial score (nSPS) is 10.1. The first-order chi connectivity index (χ1) is 7.66. The molecule has 0 spiro atoms. The van der Waals surface area contributed by atoms with Crippen molar-refractivity contribution < 1.29 is 0 Å². The molecule has 0 aliphatic carbocycles. The quantitative estimate of drug-likeness (QED) is 0.748. The number of hydrogen-bond donors (Lipinski definition) is 2. The number of aryl methyl sites for hydroxylation is 1. The predicted molar refractivity (Wildman–Crippen MR) is 65.3 cm³/mol. The molecule has 1 heterocycles. The summed E-state index contributed by atoms with van der Waals surface area (Å²) >= 11 is 0. The van der Waals surface area contributed by atoms with Crippen molar-refractivity contribution in [1.82, 2.24) is 4.68 Å². The highest BCUT2D eigenvalue weighted by molar-refractivity contribution is 5.56. The van der Waals surface area contributed by atoms with Crippen molar-refractivity contribution in [3.63, 3.8) is 0 Å². The summed E-state index contributed by atoms with van der Waals surface area (Å²) < 4.78 is 1.42. The van der Waals surface area contributed by atoms with Crippen molar-refractivity contribution in [2.75, 3.05) is 11.2 Å². The standard InChI is InChI=1S/C12H13N3O/c1-9-8-10(5-6-11(9)13)14-15-7-3-2-4-12(15)16/h2-8,14H,13H2,1H3. The molecule has 0 saturated carbocycles. The molecule has 0 radical (unpaired) electrons. The first-order valence-corrected chi connectivity index (χ1v) is 4.97. The Morgan fingerprint density at radius 2 is 2.06 bits per heavy atom. The topological polar surface area (TPSA) is 60.0 Å². The lowest BCUT2D eigenvalue weighted by atomic mass is 10.2. The van der Waals surface area contributed by atoms with Gasteiger partial charge in [-0.2, -0.15) is 0 Å². The molecule has 2 rings (SSSR count). The summed E-state index contributed by atoms with van der Waals surface area (Å²) in [5.41, 5.74) is 11.2. The van der Waals surface area contributed by atoms with Crippen LogP contribution < -0.4 is 16.7 Å². The van der Waals surface area contributed by atoms with Gasteiger partial charge >= 0.3 is 0 Å². The number of rotatable bonds is 2. The minimum absolute atomic E-state index is 0.100. The van der Waals surface area contributed by atoms with Crippen molar-refractivity contribution >= 4 is 11.4 Å². The highest BCUT2D eigenvalue weighted by Crippen LogP contribution is 2.16. The Hall–Kier alpha value is -2.23. The molecule has 1 aromatic heterocycles. The fraction of sp³-hybridized carbons (Fsp3) is 0.0833. The van der Waals surface area contributed by atoms with Gasteiger partial charge in [0.05, 0.1) is 5.69 Å². The van der Waals surface area contributed by atoms with Gasteiger partial charge < -0.3 is 5.73 Å². The van der Waals surface area contributed by atoms with Gasteiger partial charge in [0.1, 0.15) is 0 Å². The highest BCUT2D eigenvalue weighted by atomic mass is 16.1. The van der Waals surface area contributed by atoms with Gasteiger partial charge in [0.2, 0.25) is 0 Å². The second-order valence-electron chi connectivity index (χ2n) is 3.59. The Bertz CT molecular complexity index is 560. The van der Waals surface area contributed by atoms with Gasteiger partial charge in [-0.1, -0.05) is 6.07 Å². The Labute approximate surface area is 93.3 Å². The highest BCUT2D eigenvalue weighted by Gasteiger charge is 1.97. The van der Waals surface area contributed by atoms with Crippen molar-refractivity contribution in [3.8, 4) is 0 Å². The van der Waals surface area contributed by atoms with Crippen LogP contribution in [-0.2, 0) is 0 Å². The van der Waals surface area contributed by atoms with Crippen LogP contribution in [0, 0.1) is 6.92 Å². The maximum Gasteiger partial charge on any atom is 0.269 e. The second kappa shape index (κ2) is 4.10. The zero-order valence-corrected chi connectivity index (χ0v) is 8.97. The first-order valence-electron chi connectivity index (χ1n) is 4.97. The smallest absolute Gasteiger partial charge is 0.269 e. The fourth-order valence-electron chi connectivity index (χ4n) is 1.40. The lowest BCUT2D eigenvalue weighted by Crippen LogP contribution is -2.24. The minimum atomic E-state index is -0.100. The molecule has 3 N–H and O–H groups in total. The van der Waals surface area contributed by atoms with E-state index in [4.69, 9.17) is 5.73 Å². The number of nitrogens with two attached hydrogens (primary N) is 1. The Morgan fingerprint density at radius 1 is 1.25 bits per heavy atom. The molecular weight excluding hydrogens is 202 g/mol. The van der Waals surface area contributed by atoms with E-state index in [0.717, 1.165) is 16.9 Å². The van der Waals surface area contributed by atoms with Crippen LogP contribution in [0.25, 0.3) is 0 Å². The van der Waals surface area contributed by atoms with Gasteiger partial charge in [0, 0.05) is 18.0 Å². The van der Waals surface area contributed by atoms with Crippen molar-refractivity contribution in [2.45, 2.75) is 6.92 Å². The van der Waals surface area contributed by atoms with Crippen molar-refractivity contribution in [1.29, 1.82) is 0 Å². The number of hydrogen-bond acceptors (Lipinski definition) is 3. The molecule has 4 nitrogen and oxygen atoms in total. The van der Waals surface area contributed by atoms with E-state index in [9.17, 15) is 4.79 Å². The number of pyridine rings is 1. The lowest BCUT2D eigenvalue weighted by molar-refractivity contribution is 0.899. The van der Waals surface area contributed by atoms with E-state index in [1.165, 1.54) is 10.7 Å². The van der Waals surface area contributed by atoms with Gasteiger partial charge in [-0.05, 0) is 36.8 Å². The molecule has 0 aliphatic rings. The summed E-state index contributed by atoms with van der Waals surface area (Å²) in [7, 11) is 0. The number of nitrogens with one attached hydrogen (secondary N) is 1. The largest absolute Gasteiger partial charge is 0.399 e. The maximum absolute atomic E-state index is 11.5. The van der Waals surface area contributed by atoms with E-state index in [-0.39, 0.29) is 5.56 Å². The van der Waals surface area contributed by atoms with Gasteiger partial charge in [-0.15, -0.1) is 0 Å². The summed E-state index contributed by atoms with van der Waals surface area (Å²) in [5, 5.41) is 0. The molecule has 82 valence electrons. The number of aromatic nitrogens is 1. The van der Waals surface area contributed by atoms with Crippen molar-refractivity contribution in [2.24, 2.45) is 0 Å². The van der Waals surface area contributed by atoms with Crippen LogP contribution in [0.4, 0.5) is 11.4 Å². The van der Waals surface area contributed by atoms with Gasteiger partial charge in [-0.3, -0.25) is 10.2 Å². The van der Waals surface area contributed by atoms with Crippen LogP contribution in [0.3, 0.4) is 0 Å². The van der Waals surface area contributed by atoms with Crippen LogP contribution in [0.2, 0.25) is 0 Å². The molecule has 0 fully saturated rings. The summed E-state index contributed by atoms with van der Waals surface area (Å²) in [4.78, 5) is 11.5. The van der Waals surface area contributed by atoms with Crippen LogP contribution in [-0.4, -0.2) is 4.68 Å². The minimum Gasteiger partial charge on any atom is -0.399 e. The number of nitrogen functional groups attached to an aromatic ring is 1. The zero-order valence-electron chi connectivity index (χ0n) is 8.97. The zero-order chi connectivity index (χ0) is 11.5. The fourth-order valence-corrected chi connectivity index (χ4v) is 1.40. The van der Waals surface area contributed by atoms with Crippen LogP contribution in [0.1, 0.15) is 5.56 Å². The summed E-state index contributed by atoms with van der Waals surface area (Å²) in [5.74, 6) is 0. The molecule has 4 heteroatoms. The third-order valence-corrected chi connectivity index (χ3v) is 2.34. The third-order valence-electron chi connectivity index (χ3n) is 2.34. The van der Waals surface area contributed by atoms with E-state index in [1.807, 2.05) is 25.1 Å². The average Bonchev–Trinajstić information content (AvgIpc) is 2.27. The number of nitrogens with zero attached hydrogens (tertiary/aromatic N) is 1. The van der Waals surface area contributed by atoms with Gasteiger partial charge in [0.15, 0.2) is 0 Å². The van der Waals surface area contributed by atoms with Gasteiger partial charge in [0.25, 0.3) is 5.56 Å². The van der Waals surface area contributed by atoms with E-state index in [1.54, 1.807) is 18.3 Å². The molecule has 0 bridgehead atoms. The van der Waals surface area contributed by atoms with Gasteiger partial charge in [-0.25, -0.2) is 4.68 Å². The molecular formula is C12H13N3O. The van der Waals surface area contributed by atoms with Crippen LogP contribution in [0.15, 0.2) is 47.4 Å². The maximum atomic E-state index is 11.5. The lowest BCUT2D eigenvalue weighted by Gasteiger charge is -2.10. The molecule has 0 saturated heterocycles. The van der Waals surface area contributed by atoms with Crippen LogP contribution >= 0.6 is 0 Å². The Balaban J connectivity index is 2.31. The Kier molecular flexibility index (Phi) is 2.64. The molecule has 0 aliphatic heterocycles. The molecule has 16 heavy (non-hydrogen) atoms. The van der Waals surface area contributed by atoms with Crippen LogP contribution in [0.5, 0.6) is 0 Å². The number of anilines is 2. The monoisotopic (exact) mass is 215 g/mol. The van der Waals surface area contributed by atoms with Crippen molar-refractivity contribution in [3.05, 3.63) is 58.5 Å². The predicted octanol–water partition coefficient (Wildman–Crippen LogP) is 1.61. The summed E-state index contributed by atoms with van der Waals surface area (Å²) in [6.45, 7) is 1.92. The second-order valence-corrected chi connectivity index (χ2v) is 3.59. The van der Waals surface area contributed by atoms with E-state index in [2.05, 4.69) is 5.43 Å². The Morgan fingerprint density at radius 3 is 2.75 bits per heavy atom. The average molecular weight is 215 g/mol. The van der Waals surface area contributed by atoms with E-state index >= 15 is 0 Å². The number of benzene rings is 1. The summed E-state index contributed by atoms with van der Waals surface area (Å²) in [6.07, 6.45) is 1.67. The van der Waals surface area contributed by atoms with E-state index in [0.29, 0.717) is 0 Å². The summed E-state index contributed by atoms with van der Waals surface area (Å²) in [6, 6.07) is 10.5. The molecule has 0 amide bonds.